The maximum atomic E-state index is 12.2. The Bertz CT molecular complexity index is 721. The van der Waals surface area contributed by atoms with E-state index >= 15 is 0 Å². The summed E-state index contributed by atoms with van der Waals surface area (Å²) in [4.78, 5) is 12.2. The van der Waals surface area contributed by atoms with Crippen molar-refractivity contribution in [1.82, 2.24) is 5.32 Å². The molecule has 2 aromatic rings. The molecule has 0 aromatic heterocycles. The molecule has 3 rings (SSSR count). The van der Waals surface area contributed by atoms with E-state index in [-0.39, 0.29) is 11.8 Å². The molecule has 0 bridgehead atoms. The highest BCUT2D eigenvalue weighted by Crippen LogP contribution is 2.23. The summed E-state index contributed by atoms with van der Waals surface area (Å²) in [6.45, 7) is 6.29. The third kappa shape index (κ3) is 4.15. The van der Waals surface area contributed by atoms with E-state index in [0.717, 1.165) is 42.1 Å². The molecule has 2 N–H and O–H groups in total. The average molecular weight is 324 g/mol. The summed E-state index contributed by atoms with van der Waals surface area (Å²) >= 11 is 0. The summed E-state index contributed by atoms with van der Waals surface area (Å²) in [5.41, 5.74) is 4.25. The number of aryl methyl sites for hydroxylation is 2. The molecule has 126 valence electrons. The topological polar surface area (TPSA) is 50.4 Å². The number of ether oxygens (including phenoxy) is 1. The first-order valence-corrected chi connectivity index (χ1v) is 8.42. The molecule has 1 atom stereocenters. The van der Waals surface area contributed by atoms with Crippen molar-refractivity contribution in [2.75, 3.05) is 18.4 Å². The SMILES string of the molecule is Cc1cccc(COc2ccc(NC(=O)C3CCNC3)c(C)c2)c1. The molecule has 2 aromatic carbocycles. The van der Waals surface area contributed by atoms with Crippen LogP contribution in [-0.4, -0.2) is 19.0 Å². The Labute approximate surface area is 143 Å². The van der Waals surface area contributed by atoms with E-state index in [4.69, 9.17) is 4.74 Å². The summed E-state index contributed by atoms with van der Waals surface area (Å²) < 4.78 is 5.86. The van der Waals surface area contributed by atoms with Crippen LogP contribution in [0.5, 0.6) is 5.75 Å². The van der Waals surface area contributed by atoms with Gasteiger partial charge in [0.2, 0.25) is 5.91 Å². The number of hydrogen-bond acceptors (Lipinski definition) is 3. The summed E-state index contributed by atoms with van der Waals surface area (Å²) in [5, 5.41) is 6.24. The number of rotatable bonds is 5. The van der Waals surface area contributed by atoms with Crippen molar-refractivity contribution < 1.29 is 9.53 Å². The molecule has 24 heavy (non-hydrogen) atoms. The largest absolute Gasteiger partial charge is 0.489 e. The predicted octanol–water partition coefficient (Wildman–Crippen LogP) is 3.43. The van der Waals surface area contributed by atoms with E-state index in [1.165, 1.54) is 5.56 Å². The van der Waals surface area contributed by atoms with Gasteiger partial charge in [0.25, 0.3) is 0 Å². The van der Waals surface area contributed by atoms with Crippen molar-refractivity contribution in [3.63, 3.8) is 0 Å². The Morgan fingerprint density at radius 1 is 1.25 bits per heavy atom. The molecular weight excluding hydrogens is 300 g/mol. The molecule has 1 fully saturated rings. The van der Waals surface area contributed by atoms with Gasteiger partial charge in [0.15, 0.2) is 0 Å². The molecule has 1 saturated heterocycles. The van der Waals surface area contributed by atoms with Crippen molar-refractivity contribution >= 4 is 11.6 Å². The van der Waals surface area contributed by atoms with Gasteiger partial charge in [-0.3, -0.25) is 4.79 Å². The molecule has 1 heterocycles. The van der Waals surface area contributed by atoms with Crippen molar-refractivity contribution in [3.05, 3.63) is 59.2 Å². The third-order valence-corrected chi connectivity index (χ3v) is 4.37. The lowest BCUT2D eigenvalue weighted by Gasteiger charge is -2.14. The normalized spacial score (nSPS) is 16.8. The van der Waals surface area contributed by atoms with Crippen molar-refractivity contribution in [2.24, 2.45) is 5.92 Å². The van der Waals surface area contributed by atoms with Gasteiger partial charge >= 0.3 is 0 Å². The lowest BCUT2D eigenvalue weighted by molar-refractivity contribution is -0.119. The zero-order chi connectivity index (χ0) is 16.9. The molecule has 0 spiro atoms. The van der Waals surface area contributed by atoms with Gasteiger partial charge in [0.1, 0.15) is 12.4 Å². The van der Waals surface area contributed by atoms with Crippen LogP contribution < -0.4 is 15.4 Å². The van der Waals surface area contributed by atoms with Crippen LogP contribution in [0.4, 0.5) is 5.69 Å². The Balaban J connectivity index is 1.60. The van der Waals surface area contributed by atoms with Crippen LogP contribution in [0, 0.1) is 19.8 Å². The highest BCUT2D eigenvalue weighted by Gasteiger charge is 2.22. The number of anilines is 1. The minimum absolute atomic E-state index is 0.0710. The van der Waals surface area contributed by atoms with E-state index < -0.39 is 0 Å². The molecule has 0 aliphatic carbocycles. The van der Waals surface area contributed by atoms with E-state index in [9.17, 15) is 4.79 Å². The predicted molar refractivity (Wildman–Crippen MR) is 96.3 cm³/mol. The number of benzene rings is 2. The van der Waals surface area contributed by atoms with Crippen LogP contribution in [0.2, 0.25) is 0 Å². The van der Waals surface area contributed by atoms with Crippen LogP contribution in [0.15, 0.2) is 42.5 Å². The van der Waals surface area contributed by atoms with Gasteiger partial charge < -0.3 is 15.4 Å². The number of carbonyl (C=O) groups excluding carboxylic acids is 1. The Hall–Kier alpha value is -2.33. The standard InChI is InChI=1S/C20H24N2O2/c1-14-4-3-5-16(10-14)13-24-18-6-7-19(15(2)11-18)22-20(23)17-8-9-21-12-17/h3-7,10-11,17,21H,8-9,12-13H2,1-2H3,(H,22,23). The fourth-order valence-corrected chi connectivity index (χ4v) is 2.95. The second kappa shape index (κ2) is 7.49. The van der Waals surface area contributed by atoms with Gasteiger partial charge in [-0.2, -0.15) is 0 Å². The van der Waals surface area contributed by atoms with Gasteiger partial charge in [-0.15, -0.1) is 0 Å². The fraction of sp³-hybridized carbons (Fsp3) is 0.350. The van der Waals surface area contributed by atoms with Gasteiger partial charge in [-0.1, -0.05) is 29.8 Å². The number of amides is 1. The molecule has 4 nitrogen and oxygen atoms in total. The molecule has 4 heteroatoms. The maximum Gasteiger partial charge on any atom is 0.228 e. The third-order valence-electron chi connectivity index (χ3n) is 4.37. The van der Waals surface area contributed by atoms with E-state index in [1.54, 1.807) is 0 Å². The fourth-order valence-electron chi connectivity index (χ4n) is 2.95. The van der Waals surface area contributed by atoms with Crippen LogP contribution in [0.25, 0.3) is 0 Å². The minimum atomic E-state index is 0.0710. The maximum absolute atomic E-state index is 12.2. The zero-order valence-corrected chi connectivity index (χ0v) is 14.3. The molecule has 0 saturated carbocycles. The first kappa shape index (κ1) is 16.5. The lowest BCUT2D eigenvalue weighted by Crippen LogP contribution is -2.24. The highest BCUT2D eigenvalue weighted by atomic mass is 16.5. The first-order valence-electron chi connectivity index (χ1n) is 8.42. The van der Waals surface area contributed by atoms with E-state index in [2.05, 4.69) is 35.8 Å². The van der Waals surface area contributed by atoms with Gasteiger partial charge in [0, 0.05) is 12.2 Å². The first-order chi connectivity index (χ1) is 11.6. The van der Waals surface area contributed by atoms with Crippen molar-refractivity contribution in [1.29, 1.82) is 0 Å². The molecule has 1 aliphatic heterocycles. The average Bonchev–Trinajstić information content (AvgIpc) is 3.10. The number of nitrogens with one attached hydrogen (secondary N) is 2. The summed E-state index contributed by atoms with van der Waals surface area (Å²) in [7, 11) is 0. The number of hydrogen-bond donors (Lipinski definition) is 2. The van der Waals surface area contributed by atoms with Gasteiger partial charge in [-0.25, -0.2) is 0 Å². The van der Waals surface area contributed by atoms with E-state index in [0.29, 0.717) is 6.61 Å². The zero-order valence-electron chi connectivity index (χ0n) is 14.3. The highest BCUT2D eigenvalue weighted by molar-refractivity contribution is 5.93. The van der Waals surface area contributed by atoms with Crippen LogP contribution in [0.1, 0.15) is 23.1 Å². The summed E-state index contributed by atoms with van der Waals surface area (Å²) in [6.07, 6.45) is 0.905. The van der Waals surface area contributed by atoms with Gasteiger partial charge in [0.05, 0.1) is 5.92 Å². The van der Waals surface area contributed by atoms with E-state index in [1.807, 2.05) is 31.2 Å². The smallest absolute Gasteiger partial charge is 0.228 e. The van der Waals surface area contributed by atoms with Gasteiger partial charge in [-0.05, 0) is 56.1 Å². The van der Waals surface area contributed by atoms with Crippen LogP contribution in [0.3, 0.4) is 0 Å². The lowest BCUT2D eigenvalue weighted by atomic mass is 10.1. The molecule has 0 radical (unpaired) electrons. The molecule has 1 aliphatic rings. The second-order valence-electron chi connectivity index (χ2n) is 6.43. The van der Waals surface area contributed by atoms with Crippen molar-refractivity contribution in [2.45, 2.75) is 26.9 Å². The van der Waals surface area contributed by atoms with Crippen molar-refractivity contribution in [3.8, 4) is 5.75 Å². The molecule has 1 unspecified atom stereocenters. The molecule has 1 amide bonds. The van der Waals surface area contributed by atoms with Crippen LogP contribution in [-0.2, 0) is 11.4 Å². The monoisotopic (exact) mass is 324 g/mol. The summed E-state index contributed by atoms with van der Waals surface area (Å²) in [5.74, 6) is 0.979. The minimum Gasteiger partial charge on any atom is -0.489 e. The second-order valence-corrected chi connectivity index (χ2v) is 6.43. The Kier molecular flexibility index (Phi) is 5.16. The molecular formula is C20H24N2O2. The quantitative estimate of drug-likeness (QED) is 0.886. The Morgan fingerprint density at radius 3 is 2.83 bits per heavy atom. The Morgan fingerprint density at radius 2 is 2.12 bits per heavy atom. The summed E-state index contributed by atoms with van der Waals surface area (Å²) in [6, 6.07) is 14.1. The number of carbonyl (C=O) groups is 1. The van der Waals surface area contributed by atoms with Crippen LogP contribution >= 0.6 is 0 Å².